The predicted octanol–water partition coefficient (Wildman–Crippen LogP) is 2.59. The molecule has 1 aliphatic heterocycles. The predicted molar refractivity (Wildman–Crippen MR) is 108 cm³/mol. The van der Waals surface area contributed by atoms with Gasteiger partial charge in [0.1, 0.15) is 0 Å². The second-order valence-electron chi connectivity index (χ2n) is 6.70. The monoisotopic (exact) mass is 419 g/mol. The van der Waals surface area contributed by atoms with Crippen LogP contribution in [-0.2, 0) is 11.3 Å². The Morgan fingerprint density at radius 1 is 1.46 bits per heavy atom. The zero-order valence-electron chi connectivity index (χ0n) is 15.7. The topological polar surface area (TPSA) is 94.8 Å². The molecule has 3 aromatic heterocycles. The van der Waals surface area contributed by atoms with Crippen LogP contribution in [0.1, 0.15) is 34.6 Å². The van der Waals surface area contributed by atoms with E-state index in [1.54, 1.807) is 10.8 Å². The lowest BCUT2D eigenvalue weighted by molar-refractivity contribution is 0.0941. The number of hydrogen-bond donors (Lipinski definition) is 1. The first-order valence-electron chi connectivity index (χ1n) is 9.06. The molecule has 1 N–H and O–H groups in total. The fourth-order valence-electron chi connectivity index (χ4n) is 3.44. The van der Waals surface area contributed by atoms with Crippen LogP contribution in [0.15, 0.2) is 27.6 Å². The number of ketones is 1. The molecule has 0 bridgehead atoms. The van der Waals surface area contributed by atoms with Crippen molar-refractivity contribution >= 4 is 28.9 Å². The average Bonchev–Trinajstić information content (AvgIpc) is 3.45. The molecule has 0 aliphatic carbocycles. The normalized spacial score (nSPS) is 16.7. The van der Waals surface area contributed by atoms with Crippen LogP contribution in [0.2, 0.25) is 0 Å². The van der Waals surface area contributed by atoms with E-state index in [0.29, 0.717) is 17.3 Å². The highest BCUT2D eigenvalue weighted by atomic mass is 32.2. The third-order valence-electron chi connectivity index (χ3n) is 4.81. The van der Waals surface area contributed by atoms with Crippen molar-refractivity contribution in [2.45, 2.75) is 44.5 Å². The summed E-state index contributed by atoms with van der Waals surface area (Å²) in [7, 11) is 0. The summed E-state index contributed by atoms with van der Waals surface area (Å²) in [6.07, 6.45) is 3.72. The highest BCUT2D eigenvalue weighted by Gasteiger charge is 2.22. The summed E-state index contributed by atoms with van der Waals surface area (Å²) in [4.78, 5) is 29.2. The van der Waals surface area contributed by atoms with E-state index < -0.39 is 0 Å². The number of hydrogen-bond acceptors (Lipinski definition) is 7. The van der Waals surface area contributed by atoms with Crippen molar-refractivity contribution in [3.05, 3.63) is 45.1 Å². The molecule has 0 unspecified atom stereocenters. The van der Waals surface area contributed by atoms with Crippen molar-refractivity contribution in [2.75, 3.05) is 12.4 Å². The van der Waals surface area contributed by atoms with E-state index in [9.17, 15) is 9.59 Å². The van der Waals surface area contributed by atoms with Gasteiger partial charge in [0.2, 0.25) is 0 Å². The smallest absolute Gasteiger partial charge is 0.344 e. The van der Waals surface area contributed by atoms with Crippen LogP contribution in [-0.4, -0.2) is 48.6 Å². The minimum absolute atomic E-state index is 0.0000199. The van der Waals surface area contributed by atoms with E-state index in [1.807, 2.05) is 29.9 Å². The number of aromatic nitrogens is 5. The maximum atomic E-state index is 12.8. The number of aromatic amines is 1. The Balaban J connectivity index is 1.48. The van der Waals surface area contributed by atoms with Crippen LogP contribution in [0.5, 0.6) is 0 Å². The van der Waals surface area contributed by atoms with Crippen molar-refractivity contribution in [3.8, 4) is 5.13 Å². The first-order chi connectivity index (χ1) is 13.5. The fourth-order valence-corrected chi connectivity index (χ4v) is 5.03. The van der Waals surface area contributed by atoms with E-state index in [0.717, 1.165) is 36.0 Å². The molecule has 3 aromatic rings. The molecule has 10 heteroatoms. The number of carbonyl (C=O) groups is 1. The molecular formula is C18H21N5O3S2. The zero-order valence-corrected chi connectivity index (χ0v) is 17.3. The second-order valence-corrected chi connectivity index (χ2v) is 8.52. The van der Waals surface area contributed by atoms with Gasteiger partial charge in [-0.15, -0.1) is 16.4 Å². The SMILES string of the molecule is Cc1cc(C(=O)CSc2n[nH]c(=O)n2C[C@@H]2CCCO2)c(C)n1-c1nccs1. The van der Waals surface area contributed by atoms with Crippen LogP contribution in [0.25, 0.3) is 5.13 Å². The Morgan fingerprint density at radius 3 is 3.04 bits per heavy atom. The van der Waals surface area contributed by atoms with Gasteiger partial charge in [0.25, 0.3) is 0 Å². The lowest BCUT2D eigenvalue weighted by Gasteiger charge is -2.10. The number of nitrogens with one attached hydrogen (secondary N) is 1. The molecular weight excluding hydrogens is 398 g/mol. The van der Waals surface area contributed by atoms with Crippen LogP contribution >= 0.6 is 23.1 Å². The average molecular weight is 420 g/mol. The van der Waals surface area contributed by atoms with Crippen molar-refractivity contribution in [1.82, 2.24) is 24.3 Å². The lowest BCUT2D eigenvalue weighted by Crippen LogP contribution is -2.25. The summed E-state index contributed by atoms with van der Waals surface area (Å²) in [5, 5.41) is 9.83. The summed E-state index contributed by atoms with van der Waals surface area (Å²) >= 11 is 2.80. The maximum absolute atomic E-state index is 12.8. The molecule has 8 nitrogen and oxygen atoms in total. The van der Waals surface area contributed by atoms with E-state index in [2.05, 4.69) is 15.2 Å². The molecule has 28 heavy (non-hydrogen) atoms. The Bertz CT molecular complexity index is 1030. The number of Topliss-reactive ketones (excluding diaryl/α,β-unsaturated/α-hetero) is 1. The summed E-state index contributed by atoms with van der Waals surface area (Å²) in [6, 6.07) is 1.89. The molecule has 1 atom stereocenters. The number of thioether (sulfide) groups is 1. The molecule has 1 aliphatic rings. The van der Waals surface area contributed by atoms with Gasteiger partial charge in [-0.2, -0.15) is 0 Å². The molecule has 148 valence electrons. The van der Waals surface area contributed by atoms with Gasteiger partial charge in [0, 0.05) is 35.1 Å². The summed E-state index contributed by atoms with van der Waals surface area (Å²) < 4.78 is 9.17. The third kappa shape index (κ3) is 3.71. The van der Waals surface area contributed by atoms with Crippen molar-refractivity contribution < 1.29 is 9.53 Å². The standard InChI is InChI=1S/C18H21N5O3S2/c1-11-8-14(12(2)23(11)17-19-5-7-27-17)15(24)10-28-18-21-20-16(25)22(18)9-13-4-3-6-26-13/h5,7-8,13H,3-4,6,9-10H2,1-2H3,(H,20,25)/t13-/m0/s1. The van der Waals surface area contributed by atoms with Gasteiger partial charge in [-0.1, -0.05) is 11.8 Å². The summed E-state index contributed by atoms with van der Waals surface area (Å²) in [5.41, 5.74) is 2.24. The summed E-state index contributed by atoms with van der Waals surface area (Å²) in [5.74, 6) is 0.206. The number of ether oxygens (including phenoxy) is 1. The van der Waals surface area contributed by atoms with E-state index in [-0.39, 0.29) is 23.3 Å². The molecule has 4 heterocycles. The van der Waals surface area contributed by atoms with Crippen molar-refractivity contribution in [3.63, 3.8) is 0 Å². The first kappa shape index (κ1) is 19.2. The molecule has 0 saturated carbocycles. The highest BCUT2D eigenvalue weighted by molar-refractivity contribution is 7.99. The number of H-pyrrole nitrogens is 1. The van der Waals surface area contributed by atoms with E-state index in [1.165, 1.54) is 23.1 Å². The van der Waals surface area contributed by atoms with Crippen LogP contribution in [0.4, 0.5) is 0 Å². The van der Waals surface area contributed by atoms with Crippen LogP contribution in [0, 0.1) is 13.8 Å². The maximum Gasteiger partial charge on any atom is 0.344 e. The molecule has 0 spiro atoms. The Kier molecular flexibility index (Phi) is 5.51. The molecule has 0 radical (unpaired) electrons. The minimum Gasteiger partial charge on any atom is -0.376 e. The first-order valence-corrected chi connectivity index (χ1v) is 10.9. The number of rotatable bonds is 7. The molecule has 0 aromatic carbocycles. The number of nitrogens with zero attached hydrogens (tertiary/aromatic N) is 4. The largest absolute Gasteiger partial charge is 0.376 e. The zero-order chi connectivity index (χ0) is 19.7. The van der Waals surface area contributed by atoms with Gasteiger partial charge in [-0.3, -0.25) is 13.9 Å². The van der Waals surface area contributed by atoms with E-state index >= 15 is 0 Å². The lowest BCUT2D eigenvalue weighted by atomic mass is 10.2. The molecule has 0 amide bonds. The number of carbonyl (C=O) groups excluding carboxylic acids is 1. The quantitative estimate of drug-likeness (QED) is 0.467. The van der Waals surface area contributed by atoms with Crippen molar-refractivity contribution in [1.29, 1.82) is 0 Å². The Morgan fingerprint density at radius 2 is 2.32 bits per heavy atom. The van der Waals surface area contributed by atoms with E-state index in [4.69, 9.17) is 4.74 Å². The number of aryl methyl sites for hydroxylation is 1. The Hall–Kier alpha value is -2.17. The van der Waals surface area contributed by atoms with Gasteiger partial charge < -0.3 is 4.74 Å². The van der Waals surface area contributed by atoms with Crippen LogP contribution in [0.3, 0.4) is 0 Å². The van der Waals surface area contributed by atoms with Gasteiger partial charge in [-0.05, 0) is 32.8 Å². The van der Waals surface area contributed by atoms with Gasteiger partial charge in [0.15, 0.2) is 16.1 Å². The van der Waals surface area contributed by atoms with Gasteiger partial charge in [0.05, 0.1) is 18.4 Å². The summed E-state index contributed by atoms with van der Waals surface area (Å²) in [6.45, 7) is 5.08. The van der Waals surface area contributed by atoms with Crippen molar-refractivity contribution in [2.24, 2.45) is 0 Å². The third-order valence-corrected chi connectivity index (χ3v) is 6.54. The second kappa shape index (κ2) is 8.06. The highest BCUT2D eigenvalue weighted by Crippen LogP contribution is 2.25. The molecule has 1 fully saturated rings. The minimum atomic E-state index is -0.271. The Labute approximate surface area is 169 Å². The molecule has 4 rings (SSSR count). The van der Waals surface area contributed by atoms with Crippen LogP contribution < -0.4 is 5.69 Å². The van der Waals surface area contributed by atoms with Gasteiger partial charge in [-0.25, -0.2) is 14.9 Å². The molecule has 1 saturated heterocycles. The fraction of sp³-hybridized carbons (Fsp3) is 0.444. The number of thiazole rings is 1. The van der Waals surface area contributed by atoms with Gasteiger partial charge >= 0.3 is 5.69 Å².